The summed E-state index contributed by atoms with van der Waals surface area (Å²) >= 11 is 1.54. The lowest BCUT2D eigenvalue weighted by Gasteiger charge is -2.02. The second-order valence-electron chi connectivity index (χ2n) is 4.54. The van der Waals surface area contributed by atoms with Crippen LogP contribution in [-0.2, 0) is 0 Å². The molecule has 2 heterocycles. The number of nitrogens with one attached hydrogen (secondary N) is 1. The smallest absolute Gasteiger partial charge is 0.187 e. The van der Waals surface area contributed by atoms with Gasteiger partial charge in [0.05, 0.1) is 17.3 Å². The highest BCUT2D eigenvalue weighted by Gasteiger charge is 2.07. The van der Waals surface area contributed by atoms with Gasteiger partial charge in [0.1, 0.15) is 0 Å². The summed E-state index contributed by atoms with van der Waals surface area (Å²) in [7, 11) is 0. The summed E-state index contributed by atoms with van der Waals surface area (Å²) in [5.41, 5.74) is 4.67. The number of hydrogen-bond acceptors (Lipinski definition) is 5. The molecule has 0 spiro atoms. The first kappa shape index (κ1) is 13.3. The van der Waals surface area contributed by atoms with Crippen LogP contribution in [0.2, 0.25) is 0 Å². The third-order valence-electron chi connectivity index (χ3n) is 3.08. The molecule has 3 aromatic rings. The van der Waals surface area contributed by atoms with Crippen molar-refractivity contribution in [2.75, 3.05) is 5.32 Å². The number of pyridine rings is 1. The minimum Gasteiger partial charge on any atom is -0.332 e. The Morgan fingerprint density at radius 3 is 2.71 bits per heavy atom. The van der Waals surface area contributed by atoms with Gasteiger partial charge in [0.25, 0.3) is 0 Å². The number of aryl methyl sites for hydroxylation is 1. The first-order chi connectivity index (χ1) is 10.3. The predicted molar refractivity (Wildman–Crippen MR) is 84.5 cm³/mol. The second-order valence-corrected chi connectivity index (χ2v) is 5.40. The average Bonchev–Trinajstić information content (AvgIpc) is 2.97. The normalized spacial score (nSPS) is 10.1. The van der Waals surface area contributed by atoms with Crippen LogP contribution >= 0.6 is 11.3 Å². The summed E-state index contributed by atoms with van der Waals surface area (Å²) in [6, 6.07) is 11.4. The standard InChI is InChI=1S/C16H12N4S/c1-11-6-7-18-9-14(11)15-10-21-16(20-15)19-13-4-2-12(8-17)3-5-13/h2-7,9-10H,1H3,(H,19,20). The van der Waals surface area contributed by atoms with E-state index in [-0.39, 0.29) is 0 Å². The van der Waals surface area contributed by atoms with Crippen molar-refractivity contribution in [3.05, 3.63) is 59.2 Å². The van der Waals surface area contributed by atoms with Crippen molar-refractivity contribution < 1.29 is 0 Å². The van der Waals surface area contributed by atoms with Crippen molar-refractivity contribution >= 4 is 22.2 Å². The van der Waals surface area contributed by atoms with Crippen LogP contribution in [0, 0.1) is 18.3 Å². The van der Waals surface area contributed by atoms with E-state index in [4.69, 9.17) is 5.26 Å². The second kappa shape index (κ2) is 5.73. The fourth-order valence-electron chi connectivity index (χ4n) is 1.94. The maximum atomic E-state index is 8.79. The summed E-state index contributed by atoms with van der Waals surface area (Å²) in [4.78, 5) is 8.73. The van der Waals surface area contributed by atoms with E-state index in [0.29, 0.717) is 5.56 Å². The van der Waals surface area contributed by atoms with Crippen LogP contribution in [0.15, 0.2) is 48.1 Å². The van der Waals surface area contributed by atoms with Crippen LogP contribution in [0.3, 0.4) is 0 Å². The molecule has 0 radical (unpaired) electrons. The van der Waals surface area contributed by atoms with Gasteiger partial charge in [-0.1, -0.05) is 0 Å². The molecule has 0 fully saturated rings. The number of rotatable bonds is 3. The zero-order valence-corrected chi connectivity index (χ0v) is 12.2. The van der Waals surface area contributed by atoms with E-state index in [1.54, 1.807) is 29.7 Å². The number of nitriles is 1. The molecule has 0 saturated carbocycles. The number of thiazole rings is 1. The Hall–Kier alpha value is -2.71. The first-order valence-corrected chi connectivity index (χ1v) is 7.28. The Kier molecular flexibility index (Phi) is 3.63. The SMILES string of the molecule is Cc1ccncc1-c1csc(Nc2ccc(C#N)cc2)n1. The molecule has 21 heavy (non-hydrogen) atoms. The van der Waals surface area contributed by atoms with E-state index in [1.807, 2.05) is 36.7 Å². The summed E-state index contributed by atoms with van der Waals surface area (Å²) in [5, 5.41) is 14.9. The van der Waals surface area contributed by atoms with E-state index in [0.717, 1.165) is 27.6 Å². The third-order valence-corrected chi connectivity index (χ3v) is 3.84. The monoisotopic (exact) mass is 292 g/mol. The number of anilines is 2. The first-order valence-electron chi connectivity index (χ1n) is 6.40. The van der Waals surface area contributed by atoms with Crippen LogP contribution in [-0.4, -0.2) is 9.97 Å². The van der Waals surface area contributed by atoms with Gasteiger partial charge in [-0.25, -0.2) is 4.98 Å². The van der Waals surface area contributed by atoms with Gasteiger partial charge in [0.15, 0.2) is 5.13 Å². The number of benzene rings is 1. The van der Waals surface area contributed by atoms with Crippen molar-refractivity contribution in [3.63, 3.8) is 0 Å². The van der Waals surface area contributed by atoms with Crippen LogP contribution < -0.4 is 5.32 Å². The van der Waals surface area contributed by atoms with Crippen molar-refractivity contribution in [2.45, 2.75) is 6.92 Å². The Labute approximate surface area is 126 Å². The zero-order chi connectivity index (χ0) is 14.7. The fraction of sp³-hybridized carbons (Fsp3) is 0.0625. The molecule has 2 aromatic heterocycles. The topological polar surface area (TPSA) is 61.6 Å². The molecule has 1 aromatic carbocycles. The molecule has 0 atom stereocenters. The van der Waals surface area contributed by atoms with E-state index < -0.39 is 0 Å². The highest BCUT2D eigenvalue weighted by Crippen LogP contribution is 2.28. The predicted octanol–water partition coefficient (Wildman–Crippen LogP) is 4.13. The van der Waals surface area contributed by atoms with Crippen LogP contribution in [0.5, 0.6) is 0 Å². The lowest BCUT2D eigenvalue weighted by molar-refractivity contribution is 1.26. The highest BCUT2D eigenvalue weighted by atomic mass is 32.1. The maximum Gasteiger partial charge on any atom is 0.187 e. The van der Waals surface area contributed by atoms with Crippen LogP contribution in [0.4, 0.5) is 10.8 Å². The molecule has 3 rings (SSSR count). The zero-order valence-electron chi connectivity index (χ0n) is 11.4. The number of hydrogen-bond donors (Lipinski definition) is 1. The van der Waals surface area contributed by atoms with Crippen LogP contribution in [0.25, 0.3) is 11.3 Å². The summed E-state index contributed by atoms with van der Waals surface area (Å²) in [5.74, 6) is 0. The molecule has 0 aliphatic carbocycles. The largest absolute Gasteiger partial charge is 0.332 e. The number of nitrogens with zero attached hydrogens (tertiary/aromatic N) is 3. The van der Waals surface area contributed by atoms with Crippen molar-refractivity contribution in [3.8, 4) is 17.3 Å². The lowest BCUT2D eigenvalue weighted by Crippen LogP contribution is -1.90. The molecule has 0 bridgehead atoms. The van der Waals surface area contributed by atoms with Gasteiger partial charge >= 0.3 is 0 Å². The highest BCUT2D eigenvalue weighted by molar-refractivity contribution is 7.14. The molecule has 102 valence electrons. The quantitative estimate of drug-likeness (QED) is 0.788. The lowest BCUT2D eigenvalue weighted by atomic mass is 10.1. The molecule has 0 saturated heterocycles. The van der Waals surface area contributed by atoms with E-state index in [1.165, 1.54) is 0 Å². The van der Waals surface area contributed by atoms with Crippen molar-refractivity contribution in [2.24, 2.45) is 0 Å². The van der Waals surface area contributed by atoms with Crippen molar-refractivity contribution in [1.29, 1.82) is 5.26 Å². The van der Waals surface area contributed by atoms with Gasteiger partial charge in [-0.15, -0.1) is 11.3 Å². The van der Waals surface area contributed by atoms with Gasteiger partial charge in [0.2, 0.25) is 0 Å². The van der Waals surface area contributed by atoms with Gasteiger partial charge in [-0.2, -0.15) is 5.26 Å². The fourth-order valence-corrected chi connectivity index (χ4v) is 2.67. The number of aromatic nitrogens is 2. The summed E-state index contributed by atoms with van der Waals surface area (Å²) in [6.07, 6.45) is 3.61. The third kappa shape index (κ3) is 2.91. The van der Waals surface area contributed by atoms with Gasteiger partial charge in [-0.3, -0.25) is 4.98 Å². The molecule has 0 unspecified atom stereocenters. The molecule has 1 N–H and O–H groups in total. The molecule has 0 aliphatic rings. The van der Waals surface area contributed by atoms with Crippen LogP contribution in [0.1, 0.15) is 11.1 Å². The minimum absolute atomic E-state index is 0.645. The molecule has 0 amide bonds. The van der Waals surface area contributed by atoms with E-state index >= 15 is 0 Å². The average molecular weight is 292 g/mol. The molecular formula is C16H12N4S. The molecular weight excluding hydrogens is 280 g/mol. The van der Waals surface area contributed by atoms with E-state index in [9.17, 15) is 0 Å². The minimum atomic E-state index is 0.645. The van der Waals surface area contributed by atoms with Gasteiger partial charge < -0.3 is 5.32 Å². The Morgan fingerprint density at radius 2 is 2.00 bits per heavy atom. The molecule has 0 aliphatic heterocycles. The van der Waals surface area contributed by atoms with Gasteiger partial charge in [-0.05, 0) is 42.8 Å². The summed E-state index contributed by atoms with van der Waals surface area (Å²) in [6.45, 7) is 2.05. The van der Waals surface area contributed by atoms with E-state index in [2.05, 4.69) is 21.4 Å². The van der Waals surface area contributed by atoms with Crippen molar-refractivity contribution in [1.82, 2.24) is 9.97 Å². The summed E-state index contributed by atoms with van der Waals surface area (Å²) < 4.78 is 0. The Balaban J connectivity index is 1.82. The maximum absolute atomic E-state index is 8.79. The van der Waals surface area contributed by atoms with Gasteiger partial charge in [0, 0.05) is 29.0 Å². The Bertz CT molecular complexity index is 800. The molecule has 5 heteroatoms. The Morgan fingerprint density at radius 1 is 1.19 bits per heavy atom. The molecule has 4 nitrogen and oxygen atoms in total.